The van der Waals surface area contributed by atoms with E-state index < -0.39 is 0 Å². The van der Waals surface area contributed by atoms with Crippen LogP contribution in [0.25, 0.3) is 0 Å². The lowest BCUT2D eigenvalue weighted by Crippen LogP contribution is -2.25. The molecule has 0 saturated carbocycles. The van der Waals surface area contributed by atoms with Gasteiger partial charge in [-0.2, -0.15) is 0 Å². The Labute approximate surface area is 87.8 Å². The molecule has 0 unspecified atom stereocenters. The number of hydrogen-bond donors (Lipinski definition) is 1. The van der Waals surface area contributed by atoms with E-state index in [4.69, 9.17) is 4.74 Å². The van der Waals surface area contributed by atoms with Gasteiger partial charge < -0.3 is 15.0 Å². The van der Waals surface area contributed by atoms with E-state index in [1.54, 1.807) is 7.11 Å². The monoisotopic (exact) mass is 200 g/mol. The minimum Gasteiger partial charge on any atom is -0.385 e. The van der Waals surface area contributed by atoms with Crippen LogP contribution >= 0.6 is 0 Å². The zero-order chi connectivity index (χ0) is 10.1. The van der Waals surface area contributed by atoms with Crippen LogP contribution in [0.3, 0.4) is 0 Å². The Kier molecular flexibility index (Phi) is 7.01. The molecule has 0 bridgehead atoms. The minimum absolute atomic E-state index is 0.874. The highest BCUT2D eigenvalue weighted by atomic mass is 16.5. The van der Waals surface area contributed by atoms with E-state index >= 15 is 0 Å². The van der Waals surface area contributed by atoms with Crippen LogP contribution in [0.5, 0.6) is 0 Å². The third kappa shape index (κ3) is 5.58. The molecule has 1 fully saturated rings. The molecular formula is C11H24N2O. The summed E-state index contributed by atoms with van der Waals surface area (Å²) in [6, 6.07) is 0. The first-order valence-corrected chi connectivity index (χ1v) is 5.85. The molecule has 1 saturated heterocycles. The van der Waals surface area contributed by atoms with Crippen LogP contribution in [0, 0.1) is 0 Å². The first-order valence-electron chi connectivity index (χ1n) is 5.85. The zero-order valence-corrected chi connectivity index (χ0v) is 9.43. The molecule has 3 heteroatoms. The van der Waals surface area contributed by atoms with Crippen molar-refractivity contribution in [1.82, 2.24) is 10.2 Å². The molecule has 1 rings (SSSR count). The van der Waals surface area contributed by atoms with E-state index in [1.807, 2.05) is 0 Å². The lowest BCUT2D eigenvalue weighted by molar-refractivity contribution is 0.194. The first kappa shape index (κ1) is 12.0. The van der Waals surface area contributed by atoms with Crippen molar-refractivity contribution in [1.29, 1.82) is 0 Å². The highest BCUT2D eigenvalue weighted by molar-refractivity contribution is 4.66. The van der Waals surface area contributed by atoms with Gasteiger partial charge >= 0.3 is 0 Å². The van der Waals surface area contributed by atoms with Crippen molar-refractivity contribution in [3.8, 4) is 0 Å². The smallest absolute Gasteiger partial charge is 0.0474 e. The molecule has 3 nitrogen and oxygen atoms in total. The Morgan fingerprint density at radius 2 is 1.86 bits per heavy atom. The molecule has 1 aliphatic heterocycles. The molecule has 0 aromatic rings. The van der Waals surface area contributed by atoms with Gasteiger partial charge in [0.2, 0.25) is 0 Å². The average Bonchev–Trinajstić information content (AvgIpc) is 2.69. The topological polar surface area (TPSA) is 24.5 Å². The summed E-state index contributed by atoms with van der Waals surface area (Å²) in [5, 5.41) is 3.44. The highest BCUT2D eigenvalue weighted by Crippen LogP contribution is 2.06. The van der Waals surface area contributed by atoms with Crippen molar-refractivity contribution >= 4 is 0 Å². The van der Waals surface area contributed by atoms with Gasteiger partial charge in [-0.05, 0) is 58.4 Å². The van der Waals surface area contributed by atoms with Gasteiger partial charge in [-0.25, -0.2) is 0 Å². The summed E-state index contributed by atoms with van der Waals surface area (Å²) in [6.45, 7) is 7.04. The van der Waals surface area contributed by atoms with Gasteiger partial charge in [0.1, 0.15) is 0 Å². The molecule has 0 aromatic heterocycles. The third-order valence-electron chi connectivity index (χ3n) is 2.73. The van der Waals surface area contributed by atoms with Gasteiger partial charge in [0, 0.05) is 13.7 Å². The number of methoxy groups -OCH3 is 1. The zero-order valence-electron chi connectivity index (χ0n) is 9.43. The molecule has 1 aliphatic rings. The van der Waals surface area contributed by atoms with E-state index in [0.717, 1.165) is 26.1 Å². The van der Waals surface area contributed by atoms with Crippen LogP contribution in [0.4, 0.5) is 0 Å². The molecule has 1 N–H and O–H groups in total. The lowest BCUT2D eigenvalue weighted by atomic mass is 10.3. The van der Waals surface area contributed by atoms with Crippen LogP contribution in [-0.2, 0) is 4.74 Å². The Morgan fingerprint density at radius 3 is 2.57 bits per heavy atom. The maximum atomic E-state index is 4.98. The molecule has 0 aromatic carbocycles. The highest BCUT2D eigenvalue weighted by Gasteiger charge is 2.09. The summed E-state index contributed by atoms with van der Waals surface area (Å²) >= 11 is 0. The summed E-state index contributed by atoms with van der Waals surface area (Å²) in [5.74, 6) is 0. The van der Waals surface area contributed by atoms with Gasteiger partial charge in [-0.1, -0.05) is 0 Å². The van der Waals surface area contributed by atoms with Crippen molar-refractivity contribution in [2.45, 2.75) is 25.7 Å². The predicted molar refractivity (Wildman–Crippen MR) is 59.7 cm³/mol. The van der Waals surface area contributed by atoms with Gasteiger partial charge in [-0.15, -0.1) is 0 Å². The largest absolute Gasteiger partial charge is 0.385 e. The standard InChI is InChI=1S/C11H24N2O/c1-14-11-5-7-12-6-4-10-13-8-2-3-9-13/h12H,2-11H2,1H3. The number of ether oxygens (including phenoxy) is 1. The molecule has 14 heavy (non-hydrogen) atoms. The number of nitrogens with one attached hydrogen (secondary N) is 1. The van der Waals surface area contributed by atoms with Crippen LogP contribution in [0.1, 0.15) is 25.7 Å². The van der Waals surface area contributed by atoms with Crippen molar-refractivity contribution in [3.05, 3.63) is 0 Å². The minimum atomic E-state index is 0.874. The molecule has 0 atom stereocenters. The van der Waals surface area contributed by atoms with E-state index in [1.165, 1.54) is 38.9 Å². The molecule has 1 heterocycles. The molecule has 84 valence electrons. The molecule has 0 amide bonds. The molecular weight excluding hydrogens is 176 g/mol. The second-order valence-electron chi connectivity index (χ2n) is 4.00. The van der Waals surface area contributed by atoms with Crippen molar-refractivity contribution in [3.63, 3.8) is 0 Å². The van der Waals surface area contributed by atoms with Gasteiger partial charge in [-0.3, -0.25) is 0 Å². The van der Waals surface area contributed by atoms with E-state index in [-0.39, 0.29) is 0 Å². The number of rotatable bonds is 8. The van der Waals surface area contributed by atoms with Crippen molar-refractivity contribution < 1.29 is 4.74 Å². The Bertz CT molecular complexity index is 124. The summed E-state index contributed by atoms with van der Waals surface area (Å²) in [5.41, 5.74) is 0. The van der Waals surface area contributed by atoms with E-state index in [2.05, 4.69) is 10.2 Å². The quantitative estimate of drug-likeness (QED) is 0.594. The maximum Gasteiger partial charge on any atom is 0.0474 e. The van der Waals surface area contributed by atoms with Crippen LogP contribution in [-0.4, -0.2) is 51.3 Å². The SMILES string of the molecule is COCCCNCCCN1CCCC1. The number of nitrogens with zero attached hydrogens (tertiary/aromatic N) is 1. The summed E-state index contributed by atoms with van der Waals surface area (Å²) in [6.07, 6.45) is 5.22. The van der Waals surface area contributed by atoms with Crippen molar-refractivity contribution in [2.24, 2.45) is 0 Å². The molecule has 0 radical (unpaired) electrons. The Balaban J connectivity index is 1.75. The summed E-state index contributed by atoms with van der Waals surface area (Å²) in [4.78, 5) is 2.57. The fourth-order valence-electron chi connectivity index (χ4n) is 1.90. The molecule has 0 spiro atoms. The van der Waals surface area contributed by atoms with Gasteiger partial charge in [0.05, 0.1) is 0 Å². The second kappa shape index (κ2) is 8.21. The molecule has 0 aliphatic carbocycles. The fraction of sp³-hybridized carbons (Fsp3) is 1.00. The predicted octanol–water partition coefficient (Wildman–Crippen LogP) is 1.10. The lowest BCUT2D eigenvalue weighted by Gasteiger charge is -2.14. The van der Waals surface area contributed by atoms with E-state index in [0.29, 0.717) is 0 Å². The van der Waals surface area contributed by atoms with E-state index in [9.17, 15) is 0 Å². The normalized spacial score (nSPS) is 17.8. The number of hydrogen-bond acceptors (Lipinski definition) is 3. The van der Waals surface area contributed by atoms with Gasteiger partial charge in [0.25, 0.3) is 0 Å². The third-order valence-corrected chi connectivity index (χ3v) is 2.73. The summed E-state index contributed by atoms with van der Waals surface area (Å²) in [7, 11) is 1.76. The Hall–Kier alpha value is -0.120. The summed E-state index contributed by atoms with van der Waals surface area (Å²) < 4.78 is 4.98. The fourth-order valence-corrected chi connectivity index (χ4v) is 1.90. The van der Waals surface area contributed by atoms with Crippen LogP contribution < -0.4 is 5.32 Å². The van der Waals surface area contributed by atoms with Crippen molar-refractivity contribution in [2.75, 3.05) is 46.4 Å². The van der Waals surface area contributed by atoms with Crippen LogP contribution in [0.2, 0.25) is 0 Å². The second-order valence-corrected chi connectivity index (χ2v) is 4.00. The van der Waals surface area contributed by atoms with Crippen LogP contribution in [0.15, 0.2) is 0 Å². The average molecular weight is 200 g/mol. The van der Waals surface area contributed by atoms with Gasteiger partial charge in [0.15, 0.2) is 0 Å². The number of likely N-dealkylation sites (tertiary alicyclic amines) is 1. The Morgan fingerprint density at radius 1 is 1.14 bits per heavy atom. The first-order chi connectivity index (χ1) is 6.93. The maximum absolute atomic E-state index is 4.98.